The van der Waals surface area contributed by atoms with E-state index in [1.807, 2.05) is 0 Å². The zero-order valence-corrected chi connectivity index (χ0v) is 52.2. The Hall–Kier alpha value is -1.78. The van der Waals surface area contributed by atoms with E-state index in [9.17, 15) is 70.9 Å². The number of rotatable bonds is 50. The van der Waals surface area contributed by atoms with Gasteiger partial charge >= 0.3 is 0 Å². The smallest absolute Gasteiger partial charge is 0.249 e. The topological polar surface area (TPSA) is 356 Å². The summed E-state index contributed by atoms with van der Waals surface area (Å²) in [6.07, 6.45) is 9.29. The number of ether oxygens (including phenoxy) is 6. The molecule has 19 atom stereocenters. The molecule has 0 radical (unpaired) electrons. The van der Waals surface area contributed by atoms with Crippen molar-refractivity contribution in [2.45, 2.75) is 362 Å². The Kier molecular flexibility index (Phi) is 42.2. The van der Waals surface area contributed by atoms with Crippen LogP contribution in [-0.4, -0.2) is 216 Å². The third-order valence-electron chi connectivity index (χ3n) is 17.3. The van der Waals surface area contributed by atoms with Crippen molar-refractivity contribution >= 4 is 11.8 Å². The highest BCUT2D eigenvalue weighted by Crippen LogP contribution is 2.34. The molecule has 3 fully saturated rings. The number of unbranched alkanes of at least 4 members (excludes halogenated alkanes) is 31. The van der Waals surface area contributed by atoms with E-state index >= 15 is 0 Å². The maximum atomic E-state index is 13.8. The molecular weight excluding hydrogens is 1100 g/mol. The van der Waals surface area contributed by atoms with E-state index in [0.717, 1.165) is 64.7 Å². The van der Waals surface area contributed by atoms with Gasteiger partial charge in [0, 0.05) is 6.92 Å². The molecule has 85 heavy (non-hydrogen) atoms. The fourth-order valence-corrected chi connectivity index (χ4v) is 11.8. The first-order valence-corrected chi connectivity index (χ1v) is 33.5. The number of aliphatic hydroxyl groups excluding tert-OH is 12. The number of nitrogens with one attached hydrogen (secondary N) is 2. The van der Waals surface area contributed by atoms with E-state index in [-0.39, 0.29) is 12.8 Å². The van der Waals surface area contributed by atoms with Gasteiger partial charge in [-0.1, -0.05) is 226 Å². The maximum Gasteiger partial charge on any atom is 0.249 e. The molecule has 0 unspecified atom stereocenters. The van der Waals surface area contributed by atoms with Crippen LogP contribution >= 0.6 is 0 Å². The van der Waals surface area contributed by atoms with Crippen molar-refractivity contribution in [3.8, 4) is 0 Å². The molecule has 502 valence electrons. The monoisotopic (exact) mass is 1220 g/mol. The van der Waals surface area contributed by atoms with Gasteiger partial charge in [-0.15, -0.1) is 0 Å². The minimum atomic E-state index is -2.03. The molecule has 22 heteroatoms. The molecule has 3 rings (SSSR count). The molecule has 3 aliphatic heterocycles. The van der Waals surface area contributed by atoms with Gasteiger partial charge < -0.3 is 100 Å². The van der Waals surface area contributed by atoms with Gasteiger partial charge in [-0.25, -0.2) is 0 Å². The van der Waals surface area contributed by atoms with Gasteiger partial charge in [0.25, 0.3) is 0 Å². The number of hydrogen-bond donors (Lipinski definition) is 14. The van der Waals surface area contributed by atoms with Crippen LogP contribution in [0.15, 0.2) is 0 Å². The molecular formula is C63H120N2O20. The van der Waals surface area contributed by atoms with Crippen molar-refractivity contribution in [1.29, 1.82) is 0 Å². The molecule has 14 N–H and O–H groups in total. The number of carbonyl (C=O) groups excluding carboxylic acids is 2. The summed E-state index contributed by atoms with van der Waals surface area (Å²) in [7, 11) is 0. The molecule has 3 heterocycles. The summed E-state index contributed by atoms with van der Waals surface area (Å²) in [5.41, 5.74) is 0. The van der Waals surface area contributed by atoms with Gasteiger partial charge in [0.15, 0.2) is 18.9 Å². The van der Waals surface area contributed by atoms with E-state index in [1.54, 1.807) is 0 Å². The minimum Gasteiger partial charge on any atom is -0.394 e. The summed E-state index contributed by atoms with van der Waals surface area (Å²) < 4.78 is 36.0. The van der Waals surface area contributed by atoms with Gasteiger partial charge in [-0.3, -0.25) is 9.59 Å². The highest BCUT2D eigenvalue weighted by Gasteiger charge is 2.55. The average Bonchev–Trinajstić information content (AvgIpc) is 3.63. The highest BCUT2D eigenvalue weighted by molar-refractivity contribution is 5.80. The molecule has 0 aromatic heterocycles. The van der Waals surface area contributed by atoms with Gasteiger partial charge in [0.1, 0.15) is 85.4 Å². The number of aliphatic hydroxyl groups is 12. The van der Waals surface area contributed by atoms with Crippen molar-refractivity contribution in [2.75, 3.05) is 26.4 Å². The van der Waals surface area contributed by atoms with Crippen LogP contribution in [0.1, 0.15) is 245 Å². The van der Waals surface area contributed by atoms with Crippen LogP contribution in [0.3, 0.4) is 0 Å². The molecule has 0 saturated carbocycles. The van der Waals surface area contributed by atoms with Crippen molar-refractivity contribution in [2.24, 2.45) is 0 Å². The first kappa shape index (κ1) is 77.5. The third-order valence-corrected chi connectivity index (χ3v) is 17.3. The zero-order chi connectivity index (χ0) is 62.4. The Labute approximate surface area is 508 Å². The largest absolute Gasteiger partial charge is 0.394 e. The van der Waals surface area contributed by atoms with E-state index in [1.165, 1.54) is 141 Å². The summed E-state index contributed by atoms with van der Waals surface area (Å²) in [4.78, 5) is 26.1. The molecule has 0 aromatic rings. The van der Waals surface area contributed by atoms with E-state index in [2.05, 4.69) is 24.5 Å². The quantitative estimate of drug-likeness (QED) is 0.0362. The summed E-state index contributed by atoms with van der Waals surface area (Å²) in [6, 6.07) is -3.01. The molecule has 22 nitrogen and oxygen atoms in total. The van der Waals surface area contributed by atoms with Crippen LogP contribution < -0.4 is 10.6 Å². The Morgan fingerprint density at radius 3 is 1.22 bits per heavy atom. The molecule has 0 spiro atoms. The van der Waals surface area contributed by atoms with Crippen molar-refractivity contribution in [3.63, 3.8) is 0 Å². The predicted molar refractivity (Wildman–Crippen MR) is 319 cm³/mol. The second-order valence-electron chi connectivity index (χ2n) is 24.6. The summed E-state index contributed by atoms with van der Waals surface area (Å²) >= 11 is 0. The van der Waals surface area contributed by atoms with Crippen molar-refractivity contribution < 1.29 is 99.3 Å². The molecule has 0 aromatic carbocycles. The van der Waals surface area contributed by atoms with Gasteiger partial charge in [-0.05, 0) is 12.8 Å². The standard InChI is InChI=1S/C63H120N2O20/c1-4-6-8-10-12-14-16-17-18-19-20-21-22-23-24-25-26-28-30-32-34-36-38-46(71)60(79)65-44(51(72)45(70)37-35-33-31-29-27-15-13-11-9-7-5-2)42-80-63-59(85-62-57(78)56(77)53(74)48(40-67)82-62)58(54(75)49(41-68)83-63)84-61-50(64-43(3)69)55(76)52(73)47(39-66)81-61/h44-59,61-63,66-68,70-78H,4-42H2,1-3H3,(H,64,69)(H,65,79)/t44-,45+,46+,47+,48+,49+,50+,51-,52-,53-,54-,55+,56-,57+,58-,59+,61+,62+,63-/m0/s1. The van der Waals surface area contributed by atoms with E-state index in [0.29, 0.717) is 12.8 Å². The lowest BCUT2D eigenvalue weighted by molar-refractivity contribution is -0.387. The van der Waals surface area contributed by atoms with Crippen LogP contribution in [0.25, 0.3) is 0 Å². The van der Waals surface area contributed by atoms with E-state index in [4.69, 9.17) is 28.4 Å². The van der Waals surface area contributed by atoms with Gasteiger partial charge in [0.2, 0.25) is 11.8 Å². The lowest BCUT2D eigenvalue weighted by Gasteiger charge is -2.49. The predicted octanol–water partition coefficient (Wildman–Crippen LogP) is 4.86. The summed E-state index contributed by atoms with van der Waals surface area (Å²) in [5, 5.41) is 136. The SMILES string of the molecule is CCCCCCCCCCCCCCCCCCCCCCCC[C@@H](O)C(=O)N[C@@H](CO[C@H]1O[C@H](CO)[C@H](O)[C@H](O[C@H]2O[C@H](CO)[C@H](O)[C@H](O)[C@H]2NC(C)=O)[C@H]1O[C@H]1O[C@H](CO)[C@H](O)[C@H](O)[C@H]1O)[C@H](O)[C@H](O)CCCCCCCCCCCCC. The van der Waals surface area contributed by atoms with Gasteiger partial charge in [0.05, 0.1) is 38.6 Å². The lowest BCUT2D eigenvalue weighted by atomic mass is 9.95. The average molecular weight is 1230 g/mol. The van der Waals surface area contributed by atoms with Crippen LogP contribution in [0.2, 0.25) is 0 Å². The molecule has 3 aliphatic rings. The maximum absolute atomic E-state index is 13.8. The minimum absolute atomic E-state index is 0.122. The fraction of sp³-hybridized carbons (Fsp3) is 0.968. The van der Waals surface area contributed by atoms with Crippen molar-refractivity contribution in [3.05, 3.63) is 0 Å². The zero-order valence-electron chi connectivity index (χ0n) is 52.2. The van der Waals surface area contributed by atoms with Crippen molar-refractivity contribution in [1.82, 2.24) is 10.6 Å². The Balaban J connectivity index is 1.68. The van der Waals surface area contributed by atoms with Crippen LogP contribution in [0, 0.1) is 0 Å². The molecule has 0 aliphatic carbocycles. The molecule has 2 amide bonds. The van der Waals surface area contributed by atoms with Crippen LogP contribution in [-0.2, 0) is 38.0 Å². The Bertz CT molecular complexity index is 1660. The summed E-state index contributed by atoms with van der Waals surface area (Å²) in [5.74, 6) is -1.56. The summed E-state index contributed by atoms with van der Waals surface area (Å²) in [6.45, 7) is 2.27. The second kappa shape index (κ2) is 46.3. The lowest BCUT2D eigenvalue weighted by Crippen LogP contribution is -2.69. The van der Waals surface area contributed by atoms with Crippen LogP contribution in [0.4, 0.5) is 0 Å². The van der Waals surface area contributed by atoms with Gasteiger partial charge in [-0.2, -0.15) is 0 Å². The van der Waals surface area contributed by atoms with Crippen LogP contribution in [0.5, 0.6) is 0 Å². The first-order chi connectivity index (χ1) is 41.0. The number of amides is 2. The second-order valence-corrected chi connectivity index (χ2v) is 24.6. The first-order valence-electron chi connectivity index (χ1n) is 33.5. The molecule has 3 saturated heterocycles. The third kappa shape index (κ3) is 29.4. The molecule has 0 bridgehead atoms. The Morgan fingerprint density at radius 1 is 0.435 bits per heavy atom. The van der Waals surface area contributed by atoms with E-state index < -0.39 is 155 Å². The number of carbonyl (C=O) groups is 2. The fourth-order valence-electron chi connectivity index (χ4n) is 11.8. The normalized spacial score (nSPS) is 29.6. The Morgan fingerprint density at radius 2 is 0.800 bits per heavy atom. The highest BCUT2D eigenvalue weighted by atomic mass is 16.8. The number of hydrogen-bond acceptors (Lipinski definition) is 20.